The van der Waals surface area contributed by atoms with Gasteiger partial charge in [-0.3, -0.25) is 9.48 Å². The topological polar surface area (TPSA) is 65.4 Å². The first-order valence-corrected chi connectivity index (χ1v) is 8.72. The van der Waals surface area contributed by atoms with Crippen LogP contribution in [0, 0.1) is 6.92 Å². The number of nitrogens with zero attached hydrogens (tertiary/aromatic N) is 2. The van der Waals surface area contributed by atoms with Crippen molar-refractivity contribution in [2.75, 3.05) is 14.2 Å². The number of benzene rings is 1. The van der Waals surface area contributed by atoms with Crippen LogP contribution < -0.4 is 14.8 Å². The van der Waals surface area contributed by atoms with E-state index in [-0.39, 0.29) is 11.9 Å². The van der Waals surface area contributed by atoms with E-state index in [1.165, 1.54) is 11.3 Å². The fourth-order valence-electron chi connectivity index (χ4n) is 2.79. The third-order valence-electron chi connectivity index (χ3n) is 4.18. The molecule has 132 valence electrons. The summed E-state index contributed by atoms with van der Waals surface area (Å²) in [7, 11) is 5.08. The Balaban J connectivity index is 1.80. The average Bonchev–Trinajstić information content (AvgIpc) is 3.16. The van der Waals surface area contributed by atoms with Crippen molar-refractivity contribution in [2.24, 2.45) is 7.05 Å². The molecule has 0 aliphatic rings. The maximum Gasteiger partial charge on any atom is 0.261 e. The molecular formula is C18H21N3O3S. The summed E-state index contributed by atoms with van der Waals surface area (Å²) in [5.74, 6) is 1.21. The van der Waals surface area contributed by atoms with Crippen LogP contribution in [0.2, 0.25) is 0 Å². The maximum atomic E-state index is 12.6. The summed E-state index contributed by atoms with van der Waals surface area (Å²) in [6, 6.07) is 7.38. The molecule has 0 saturated carbocycles. The number of aromatic nitrogens is 2. The van der Waals surface area contributed by atoms with Gasteiger partial charge in [-0.2, -0.15) is 5.10 Å². The van der Waals surface area contributed by atoms with Gasteiger partial charge in [0.1, 0.15) is 4.83 Å². The zero-order chi connectivity index (χ0) is 18.1. The van der Waals surface area contributed by atoms with E-state index in [2.05, 4.69) is 10.4 Å². The van der Waals surface area contributed by atoms with Crippen LogP contribution in [0.4, 0.5) is 0 Å². The van der Waals surface area contributed by atoms with Gasteiger partial charge in [-0.25, -0.2) is 0 Å². The Kier molecular flexibility index (Phi) is 4.67. The van der Waals surface area contributed by atoms with Gasteiger partial charge in [-0.1, -0.05) is 6.07 Å². The highest BCUT2D eigenvalue weighted by Gasteiger charge is 2.18. The molecule has 3 rings (SSSR count). The van der Waals surface area contributed by atoms with E-state index in [0.717, 1.165) is 21.5 Å². The number of nitrogens with one attached hydrogen (secondary N) is 1. The van der Waals surface area contributed by atoms with Crippen LogP contribution in [0.3, 0.4) is 0 Å². The molecule has 25 heavy (non-hydrogen) atoms. The summed E-state index contributed by atoms with van der Waals surface area (Å²) < 4.78 is 12.4. The first-order valence-electron chi connectivity index (χ1n) is 7.90. The summed E-state index contributed by atoms with van der Waals surface area (Å²) in [4.78, 5) is 14.3. The lowest BCUT2D eigenvalue weighted by molar-refractivity contribution is 0.0944. The van der Waals surface area contributed by atoms with Crippen molar-refractivity contribution in [2.45, 2.75) is 19.9 Å². The fraction of sp³-hybridized carbons (Fsp3) is 0.333. The second kappa shape index (κ2) is 6.76. The minimum Gasteiger partial charge on any atom is -0.493 e. The Morgan fingerprint density at radius 3 is 2.60 bits per heavy atom. The minimum absolute atomic E-state index is 0.0946. The number of rotatable bonds is 5. The number of carbonyl (C=O) groups excluding carboxylic acids is 1. The van der Waals surface area contributed by atoms with E-state index >= 15 is 0 Å². The van der Waals surface area contributed by atoms with Gasteiger partial charge in [-0.05, 0) is 37.6 Å². The standard InChI is InChI=1S/C18H21N3O3S/c1-10(12-6-7-14(23-4)15(8-12)24-5)19-17(22)16-9-13-11(2)20-21(3)18(13)25-16/h6-10H,1-5H3,(H,19,22). The number of amides is 1. The second-order valence-corrected chi connectivity index (χ2v) is 6.88. The number of methoxy groups -OCH3 is 2. The maximum absolute atomic E-state index is 12.6. The smallest absolute Gasteiger partial charge is 0.261 e. The predicted molar refractivity (Wildman–Crippen MR) is 98.8 cm³/mol. The van der Waals surface area contributed by atoms with Crippen LogP contribution in [0.25, 0.3) is 10.2 Å². The molecule has 0 spiro atoms. The van der Waals surface area contributed by atoms with Crippen molar-refractivity contribution in [1.29, 1.82) is 0 Å². The Morgan fingerprint density at radius 2 is 1.96 bits per heavy atom. The van der Waals surface area contributed by atoms with Gasteiger partial charge in [0, 0.05) is 12.4 Å². The summed E-state index contributed by atoms with van der Waals surface area (Å²) in [5.41, 5.74) is 1.88. The molecule has 7 heteroatoms. The fourth-order valence-corrected chi connectivity index (χ4v) is 3.82. The van der Waals surface area contributed by atoms with E-state index in [4.69, 9.17) is 9.47 Å². The lowest BCUT2D eigenvalue weighted by atomic mass is 10.1. The van der Waals surface area contributed by atoms with Crippen LogP contribution in [0.5, 0.6) is 11.5 Å². The molecule has 3 aromatic rings. The van der Waals surface area contributed by atoms with Gasteiger partial charge in [-0.15, -0.1) is 11.3 Å². The molecule has 1 unspecified atom stereocenters. The van der Waals surface area contributed by atoms with E-state index in [0.29, 0.717) is 16.4 Å². The molecule has 0 radical (unpaired) electrons. The molecule has 1 amide bonds. The van der Waals surface area contributed by atoms with Gasteiger partial charge in [0.15, 0.2) is 11.5 Å². The monoisotopic (exact) mass is 359 g/mol. The number of carbonyl (C=O) groups is 1. The van der Waals surface area contributed by atoms with E-state index < -0.39 is 0 Å². The molecule has 0 bridgehead atoms. The Labute approximate surface area is 150 Å². The van der Waals surface area contributed by atoms with Gasteiger partial charge in [0.05, 0.1) is 30.8 Å². The first-order chi connectivity index (χ1) is 11.9. The molecule has 0 aliphatic carbocycles. The van der Waals surface area contributed by atoms with Crippen molar-refractivity contribution < 1.29 is 14.3 Å². The van der Waals surface area contributed by atoms with Gasteiger partial charge >= 0.3 is 0 Å². The Bertz CT molecular complexity index is 895. The zero-order valence-electron chi connectivity index (χ0n) is 14.9. The van der Waals surface area contributed by atoms with E-state index in [1.807, 2.05) is 49.8 Å². The second-order valence-electron chi connectivity index (χ2n) is 5.85. The van der Waals surface area contributed by atoms with Crippen molar-refractivity contribution in [3.63, 3.8) is 0 Å². The molecular weight excluding hydrogens is 338 g/mol. The quantitative estimate of drug-likeness (QED) is 0.758. The molecule has 1 N–H and O–H groups in total. The summed E-state index contributed by atoms with van der Waals surface area (Å²) >= 11 is 1.45. The molecule has 1 aromatic carbocycles. The molecule has 0 saturated heterocycles. The summed E-state index contributed by atoms with van der Waals surface area (Å²) in [5, 5.41) is 8.43. The number of hydrogen-bond donors (Lipinski definition) is 1. The number of hydrogen-bond acceptors (Lipinski definition) is 5. The third kappa shape index (κ3) is 3.19. The molecule has 0 fully saturated rings. The summed E-state index contributed by atoms with van der Waals surface area (Å²) in [6.07, 6.45) is 0. The number of thiophene rings is 1. The SMILES string of the molecule is COc1ccc(C(C)NC(=O)c2cc3c(C)nn(C)c3s2)cc1OC. The highest BCUT2D eigenvalue weighted by molar-refractivity contribution is 7.20. The first kappa shape index (κ1) is 17.3. The van der Waals surface area contributed by atoms with Crippen LogP contribution >= 0.6 is 11.3 Å². The van der Waals surface area contributed by atoms with Crippen LogP contribution in [0.15, 0.2) is 24.3 Å². The van der Waals surface area contributed by atoms with Crippen molar-refractivity contribution in [3.05, 3.63) is 40.4 Å². The highest BCUT2D eigenvalue weighted by atomic mass is 32.1. The molecule has 2 aromatic heterocycles. The number of fused-ring (bicyclic) bond motifs is 1. The highest BCUT2D eigenvalue weighted by Crippen LogP contribution is 2.31. The van der Waals surface area contributed by atoms with Crippen molar-refractivity contribution in [1.82, 2.24) is 15.1 Å². The van der Waals surface area contributed by atoms with E-state index in [1.54, 1.807) is 14.2 Å². The van der Waals surface area contributed by atoms with Gasteiger partial charge < -0.3 is 14.8 Å². The van der Waals surface area contributed by atoms with Crippen LogP contribution in [0.1, 0.15) is 33.9 Å². The van der Waals surface area contributed by atoms with Crippen molar-refractivity contribution in [3.8, 4) is 11.5 Å². The van der Waals surface area contributed by atoms with Crippen LogP contribution in [-0.2, 0) is 7.05 Å². The molecule has 6 nitrogen and oxygen atoms in total. The Hall–Kier alpha value is -2.54. The molecule has 1 atom stereocenters. The third-order valence-corrected chi connectivity index (χ3v) is 5.38. The van der Waals surface area contributed by atoms with E-state index in [9.17, 15) is 4.79 Å². The largest absolute Gasteiger partial charge is 0.493 e. The van der Waals surface area contributed by atoms with Gasteiger partial charge in [0.25, 0.3) is 5.91 Å². The predicted octanol–water partition coefficient (Wildman–Crippen LogP) is 3.45. The molecule has 0 aliphatic heterocycles. The Morgan fingerprint density at radius 1 is 1.24 bits per heavy atom. The van der Waals surface area contributed by atoms with Crippen molar-refractivity contribution >= 4 is 27.5 Å². The minimum atomic E-state index is -0.156. The van der Waals surface area contributed by atoms with Crippen LogP contribution in [-0.4, -0.2) is 29.9 Å². The normalized spacial score (nSPS) is 12.2. The lowest BCUT2D eigenvalue weighted by Crippen LogP contribution is -2.25. The van der Waals surface area contributed by atoms with Gasteiger partial charge in [0.2, 0.25) is 0 Å². The molecule has 2 heterocycles. The zero-order valence-corrected chi connectivity index (χ0v) is 15.7. The summed E-state index contributed by atoms with van der Waals surface area (Å²) in [6.45, 7) is 3.89. The lowest BCUT2D eigenvalue weighted by Gasteiger charge is -2.16. The number of aryl methyl sites for hydroxylation is 2. The average molecular weight is 359 g/mol. The number of ether oxygens (including phenoxy) is 2.